The van der Waals surface area contributed by atoms with E-state index in [2.05, 4.69) is 26.4 Å². The molecule has 2 heterocycles. The van der Waals surface area contributed by atoms with Crippen molar-refractivity contribution >= 4 is 24.6 Å². The van der Waals surface area contributed by atoms with Crippen LogP contribution in [0.4, 0.5) is 11.4 Å². The average molecular weight is 446 g/mol. The van der Waals surface area contributed by atoms with E-state index in [-0.39, 0.29) is 11.6 Å². The van der Waals surface area contributed by atoms with Crippen LogP contribution in [-0.2, 0) is 9.36 Å². The summed E-state index contributed by atoms with van der Waals surface area (Å²) >= 11 is 0. The topological polar surface area (TPSA) is 43.9 Å². The first-order valence-electron chi connectivity index (χ1n) is 11.2. The van der Waals surface area contributed by atoms with Gasteiger partial charge < -0.3 is 9.34 Å². The van der Waals surface area contributed by atoms with Gasteiger partial charge in [0, 0.05) is 50.4 Å². The van der Waals surface area contributed by atoms with Crippen LogP contribution in [0.25, 0.3) is 0 Å². The number of piperidine rings is 1. The second-order valence-corrected chi connectivity index (χ2v) is 11.0. The average Bonchev–Trinajstić information content (AvgIpc) is 3.19. The van der Waals surface area contributed by atoms with E-state index in [9.17, 15) is 4.79 Å². The second kappa shape index (κ2) is 8.93. The maximum absolute atomic E-state index is 15.5. The summed E-state index contributed by atoms with van der Waals surface area (Å²) in [6.07, 6.45) is 1.03. The number of likely N-dealkylation sites (tertiary alicyclic amines) is 1. The number of nitrogens with zero attached hydrogens (tertiary/aromatic N) is 3. The van der Waals surface area contributed by atoms with Crippen molar-refractivity contribution in [3.8, 4) is 0 Å². The summed E-state index contributed by atoms with van der Waals surface area (Å²) < 4.78 is 19.7. The molecule has 0 radical (unpaired) electrons. The lowest BCUT2D eigenvalue weighted by molar-refractivity contribution is -0.121. The molecular weight excluding hydrogens is 417 g/mol. The minimum atomic E-state index is -3.17. The van der Waals surface area contributed by atoms with Crippen molar-refractivity contribution in [1.29, 1.82) is 0 Å². The fraction of sp³-hybridized carbons (Fsp3) is 0.269. The number of hydrogen-bond acceptors (Lipinski definition) is 3. The number of rotatable bonds is 5. The molecule has 0 aliphatic carbocycles. The van der Waals surface area contributed by atoms with Crippen molar-refractivity contribution in [1.82, 2.24) is 4.90 Å². The normalized spacial score (nSPS) is 19.8. The van der Waals surface area contributed by atoms with Gasteiger partial charge in [-0.05, 0) is 29.8 Å². The molecule has 0 spiro atoms. The van der Waals surface area contributed by atoms with E-state index >= 15 is 4.57 Å². The smallest absolute Gasteiger partial charge is 0.284 e. The molecule has 2 aliphatic heterocycles. The Hall–Kier alpha value is -2.88. The van der Waals surface area contributed by atoms with Gasteiger partial charge in [0.25, 0.3) is 7.44 Å². The lowest BCUT2D eigenvalue weighted by atomic mass is 10.1. The monoisotopic (exact) mass is 445 g/mol. The van der Waals surface area contributed by atoms with Crippen LogP contribution in [0.1, 0.15) is 24.2 Å². The van der Waals surface area contributed by atoms with Gasteiger partial charge in [-0.15, -0.1) is 0 Å². The minimum Gasteiger partial charge on any atom is -0.304 e. The standard InChI is InChI=1S/C26H28N3O2P/c30-25-16-18-27(19-17-25)26(22-10-4-1-5-11-22)32(31)28(23-12-6-2-7-13-23)20-21-29(32)24-14-8-3-9-15-24/h1-15,26H,16-21H2. The number of carbonyl (C=O) groups is 1. The first kappa shape index (κ1) is 21.0. The van der Waals surface area contributed by atoms with Gasteiger partial charge in [0.2, 0.25) is 0 Å². The van der Waals surface area contributed by atoms with Gasteiger partial charge in [-0.25, -0.2) is 0 Å². The zero-order chi connectivity index (χ0) is 22.0. The number of benzene rings is 3. The molecular formula is C26H28N3O2P. The van der Waals surface area contributed by atoms with Crippen LogP contribution in [-0.4, -0.2) is 36.9 Å². The van der Waals surface area contributed by atoms with Crippen molar-refractivity contribution in [3.63, 3.8) is 0 Å². The van der Waals surface area contributed by atoms with E-state index < -0.39 is 7.44 Å². The summed E-state index contributed by atoms with van der Waals surface area (Å²) in [5.41, 5.74) is 2.99. The van der Waals surface area contributed by atoms with Crippen molar-refractivity contribution in [3.05, 3.63) is 96.6 Å². The summed E-state index contributed by atoms with van der Waals surface area (Å²) in [5.74, 6) is -0.0303. The van der Waals surface area contributed by atoms with E-state index in [1.807, 2.05) is 78.9 Å². The Morgan fingerprint density at radius 3 is 1.53 bits per heavy atom. The molecule has 164 valence electrons. The summed E-state index contributed by atoms with van der Waals surface area (Å²) in [5, 5.41) is 0. The number of Topliss-reactive ketones (excluding diaryl/α,β-unsaturated/α-hetero) is 1. The van der Waals surface area contributed by atoms with Crippen LogP contribution in [0.5, 0.6) is 0 Å². The predicted octanol–water partition coefficient (Wildman–Crippen LogP) is 5.57. The highest BCUT2D eigenvalue weighted by Gasteiger charge is 2.52. The molecule has 0 bridgehead atoms. The number of para-hydroxylation sites is 2. The van der Waals surface area contributed by atoms with Gasteiger partial charge in [0.05, 0.1) is 0 Å². The Morgan fingerprint density at radius 1 is 0.625 bits per heavy atom. The predicted molar refractivity (Wildman–Crippen MR) is 130 cm³/mol. The first-order valence-corrected chi connectivity index (χ1v) is 12.9. The molecule has 5 rings (SSSR count). The third kappa shape index (κ3) is 3.76. The van der Waals surface area contributed by atoms with Crippen molar-refractivity contribution in [2.45, 2.75) is 18.6 Å². The molecule has 0 saturated carbocycles. The first-order chi connectivity index (χ1) is 15.7. The van der Waals surface area contributed by atoms with Crippen molar-refractivity contribution < 1.29 is 9.36 Å². The van der Waals surface area contributed by atoms with E-state index in [0.29, 0.717) is 39.0 Å². The highest BCUT2D eigenvalue weighted by atomic mass is 31.2. The number of carbonyl (C=O) groups excluding carboxylic acids is 1. The number of ketones is 1. The van der Waals surface area contributed by atoms with Gasteiger partial charge in [0.15, 0.2) is 0 Å². The molecule has 0 N–H and O–H groups in total. The van der Waals surface area contributed by atoms with Gasteiger partial charge in [-0.2, -0.15) is 0 Å². The van der Waals surface area contributed by atoms with Crippen molar-refractivity contribution in [2.75, 3.05) is 35.5 Å². The summed E-state index contributed by atoms with van der Waals surface area (Å²) in [4.78, 5) is 14.3. The van der Waals surface area contributed by atoms with Crippen LogP contribution in [0, 0.1) is 0 Å². The zero-order valence-corrected chi connectivity index (χ0v) is 19.0. The molecule has 0 aromatic heterocycles. The van der Waals surface area contributed by atoms with E-state index in [1.54, 1.807) is 0 Å². The molecule has 1 unspecified atom stereocenters. The summed E-state index contributed by atoms with van der Waals surface area (Å²) in [6.45, 7) is 2.64. The minimum absolute atomic E-state index is 0.289. The lowest BCUT2D eigenvalue weighted by Crippen LogP contribution is -2.40. The van der Waals surface area contributed by atoms with Crippen LogP contribution in [0.3, 0.4) is 0 Å². The van der Waals surface area contributed by atoms with Gasteiger partial charge in [-0.3, -0.25) is 14.3 Å². The molecule has 5 nitrogen and oxygen atoms in total. The number of hydrogen-bond donors (Lipinski definition) is 0. The quantitative estimate of drug-likeness (QED) is 0.481. The molecule has 2 saturated heterocycles. The Labute approximate surface area is 189 Å². The fourth-order valence-electron chi connectivity index (χ4n) is 4.92. The Balaban J connectivity index is 1.67. The third-order valence-corrected chi connectivity index (χ3v) is 9.95. The number of anilines is 2. The molecule has 2 fully saturated rings. The molecule has 3 aromatic rings. The molecule has 3 aromatic carbocycles. The Morgan fingerprint density at radius 2 is 1.06 bits per heavy atom. The molecule has 32 heavy (non-hydrogen) atoms. The summed E-state index contributed by atoms with van der Waals surface area (Å²) in [7, 11) is -3.17. The zero-order valence-electron chi connectivity index (χ0n) is 18.1. The third-order valence-electron chi connectivity index (χ3n) is 6.44. The highest BCUT2D eigenvalue weighted by molar-refractivity contribution is 7.67. The maximum atomic E-state index is 15.5. The summed E-state index contributed by atoms with van der Waals surface area (Å²) in [6, 6.07) is 30.3. The van der Waals surface area contributed by atoms with Crippen LogP contribution in [0.2, 0.25) is 0 Å². The molecule has 0 amide bonds. The molecule has 6 heteroatoms. The maximum Gasteiger partial charge on any atom is 0.284 e. The van der Waals surface area contributed by atoms with Crippen LogP contribution in [0.15, 0.2) is 91.0 Å². The lowest BCUT2D eigenvalue weighted by Gasteiger charge is -2.44. The Bertz CT molecular complexity index is 1050. The largest absolute Gasteiger partial charge is 0.304 e. The van der Waals surface area contributed by atoms with E-state index in [0.717, 1.165) is 16.9 Å². The van der Waals surface area contributed by atoms with Gasteiger partial charge in [-0.1, -0.05) is 66.7 Å². The van der Waals surface area contributed by atoms with Gasteiger partial charge in [0.1, 0.15) is 11.6 Å². The second-order valence-electron chi connectivity index (χ2n) is 8.37. The van der Waals surface area contributed by atoms with Crippen molar-refractivity contribution in [2.24, 2.45) is 0 Å². The Kier molecular flexibility index (Phi) is 5.86. The highest BCUT2D eigenvalue weighted by Crippen LogP contribution is 2.69. The van der Waals surface area contributed by atoms with E-state index in [4.69, 9.17) is 0 Å². The van der Waals surface area contributed by atoms with E-state index in [1.165, 1.54) is 0 Å². The molecule has 2 aliphatic rings. The van der Waals surface area contributed by atoms with Crippen LogP contribution < -0.4 is 9.34 Å². The molecule has 1 atom stereocenters. The van der Waals surface area contributed by atoms with Crippen LogP contribution >= 0.6 is 7.44 Å². The fourth-order valence-corrected chi connectivity index (χ4v) is 8.61. The van der Waals surface area contributed by atoms with Gasteiger partial charge >= 0.3 is 0 Å². The SMILES string of the molecule is O=C1CCN(C(c2ccccc2)P2(=O)N(c3ccccc3)CCN2c2ccccc2)CC1.